The summed E-state index contributed by atoms with van der Waals surface area (Å²) in [4.78, 5) is 9.42. The van der Waals surface area contributed by atoms with Crippen LogP contribution in [0.3, 0.4) is 0 Å². The molecule has 0 fully saturated rings. The molecule has 0 radical (unpaired) electrons. The fourth-order valence-electron chi connectivity index (χ4n) is 1.67. The van der Waals surface area contributed by atoms with Crippen LogP contribution in [0.1, 0.15) is 23.9 Å². The van der Waals surface area contributed by atoms with E-state index in [1.165, 1.54) is 17.4 Å². The lowest BCUT2D eigenvalue weighted by atomic mass is 10.4. The zero-order valence-corrected chi connectivity index (χ0v) is 13.8. The summed E-state index contributed by atoms with van der Waals surface area (Å²) < 4.78 is 27.5. The lowest BCUT2D eigenvalue weighted by molar-refractivity contribution is 0.601. The first-order valence-electron chi connectivity index (χ1n) is 6.59. The van der Waals surface area contributed by atoms with E-state index in [0.29, 0.717) is 17.5 Å². The molecule has 2 heterocycles. The summed E-state index contributed by atoms with van der Waals surface area (Å²) in [5.74, 6) is 0.358. The van der Waals surface area contributed by atoms with E-state index in [-0.39, 0.29) is 4.90 Å². The topological polar surface area (TPSA) is 84.0 Å². The molecule has 114 valence electrons. The number of thiazole rings is 1. The van der Waals surface area contributed by atoms with Crippen molar-refractivity contribution < 1.29 is 8.42 Å². The van der Waals surface area contributed by atoms with Crippen LogP contribution in [-0.2, 0) is 10.0 Å². The Kier molecular flexibility index (Phi) is 4.79. The predicted octanol–water partition coefficient (Wildman–Crippen LogP) is 2.78. The predicted molar refractivity (Wildman–Crippen MR) is 85.4 cm³/mol. The Labute approximate surface area is 128 Å². The van der Waals surface area contributed by atoms with Crippen molar-refractivity contribution in [1.29, 1.82) is 0 Å². The molecule has 0 unspecified atom stereocenters. The average Bonchev–Trinajstić information content (AvgIpc) is 2.74. The first kappa shape index (κ1) is 15.7. The van der Waals surface area contributed by atoms with Crippen molar-refractivity contribution in [2.45, 2.75) is 32.1 Å². The molecule has 21 heavy (non-hydrogen) atoms. The number of nitrogens with one attached hydrogen (secondary N) is 2. The fourth-order valence-corrected chi connectivity index (χ4v) is 3.85. The monoisotopic (exact) mass is 326 g/mol. The first-order valence-corrected chi connectivity index (χ1v) is 8.89. The molecule has 0 atom stereocenters. The molecule has 0 spiro atoms. The molecule has 2 aromatic heterocycles. The maximum Gasteiger partial charge on any atom is 0.267 e. The second-order valence-electron chi connectivity index (χ2n) is 4.54. The van der Waals surface area contributed by atoms with Crippen LogP contribution < -0.4 is 10.0 Å². The van der Waals surface area contributed by atoms with Gasteiger partial charge in [-0.3, -0.25) is 4.72 Å². The summed E-state index contributed by atoms with van der Waals surface area (Å²) in [7, 11) is -3.70. The normalized spacial score (nSPS) is 11.4. The summed E-state index contributed by atoms with van der Waals surface area (Å²) in [5.41, 5.74) is 0.827. The molecule has 0 amide bonds. The van der Waals surface area contributed by atoms with E-state index >= 15 is 0 Å². The molecule has 0 aliphatic carbocycles. The van der Waals surface area contributed by atoms with E-state index in [0.717, 1.165) is 17.0 Å². The number of pyridine rings is 1. The number of anilines is 2. The van der Waals surface area contributed by atoms with Gasteiger partial charge in [-0.25, -0.2) is 18.4 Å². The molecule has 0 bridgehead atoms. The average molecular weight is 326 g/mol. The third-order valence-electron chi connectivity index (χ3n) is 2.85. The second kappa shape index (κ2) is 6.40. The van der Waals surface area contributed by atoms with Crippen molar-refractivity contribution in [3.63, 3.8) is 0 Å². The summed E-state index contributed by atoms with van der Waals surface area (Å²) >= 11 is 1.32. The van der Waals surface area contributed by atoms with Crippen molar-refractivity contribution in [1.82, 2.24) is 9.97 Å². The third-order valence-corrected chi connectivity index (χ3v) is 5.34. The zero-order valence-electron chi connectivity index (χ0n) is 12.2. The van der Waals surface area contributed by atoms with Crippen molar-refractivity contribution >= 4 is 32.3 Å². The number of aromatic nitrogens is 2. The quantitative estimate of drug-likeness (QED) is 0.853. The fraction of sp³-hybridized carbons (Fsp3) is 0.385. The molecule has 2 N–H and O–H groups in total. The van der Waals surface area contributed by atoms with Gasteiger partial charge in [0.05, 0.1) is 5.69 Å². The van der Waals surface area contributed by atoms with Gasteiger partial charge in [-0.05, 0) is 32.4 Å². The van der Waals surface area contributed by atoms with Gasteiger partial charge in [0.25, 0.3) is 10.0 Å². The van der Waals surface area contributed by atoms with Crippen LogP contribution in [0.2, 0.25) is 0 Å². The number of sulfonamides is 1. The van der Waals surface area contributed by atoms with E-state index in [4.69, 9.17) is 0 Å². The van der Waals surface area contributed by atoms with Gasteiger partial charge in [0.15, 0.2) is 5.13 Å². The standard InChI is InChI=1S/C13H18N4O2S2/c1-4-7-14-12-11(6-5-8-15-12)21(18,19)17-13-16-9(2)10(3)20-13/h5-6,8H,4,7H2,1-3H3,(H,14,15)(H,16,17). The molecule has 0 aromatic carbocycles. The zero-order chi connectivity index (χ0) is 15.5. The van der Waals surface area contributed by atoms with E-state index in [9.17, 15) is 8.42 Å². The lowest BCUT2D eigenvalue weighted by Gasteiger charge is -2.10. The van der Waals surface area contributed by atoms with Crippen molar-refractivity contribution in [2.75, 3.05) is 16.6 Å². The Morgan fingerprint density at radius 1 is 1.33 bits per heavy atom. The Morgan fingerprint density at radius 3 is 2.71 bits per heavy atom. The molecule has 0 saturated heterocycles. The molecule has 6 nitrogen and oxygen atoms in total. The Morgan fingerprint density at radius 2 is 2.10 bits per heavy atom. The van der Waals surface area contributed by atoms with Gasteiger partial charge in [0.2, 0.25) is 0 Å². The highest BCUT2D eigenvalue weighted by atomic mass is 32.2. The smallest absolute Gasteiger partial charge is 0.267 e. The number of hydrogen-bond acceptors (Lipinski definition) is 6. The van der Waals surface area contributed by atoms with Gasteiger partial charge in [0.1, 0.15) is 10.7 Å². The van der Waals surface area contributed by atoms with E-state index in [1.54, 1.807) is 12.3 Å². The second-order valence-corrected chi connectivity index (χ2v) is 7.40. The Balaban J connectivity index is 2.31. The van der Waals surface area contributed by atoms with E-state index in [1.807, 2.05) is 20.8 Å². The van der Waals surface area contributed by atoms with Crippen LogP contribution in [0.15, 0.2) is 23.2 Å². The molecule has 8 heteroatoms. The highest BCUT2D eigenvalue weighted by Gasteiger charge is 2.21. The van der Waals surface area contributed by atoms with Crippen molar-refractivity contribution in [3.05, 3.63) is 28.9 Å². The van der Waals surface area contributed by atoms with E-state index < -0.39 is 10.0 Å². The van der Waals surface area contributed by atoms with E-state index in [2.05, 4.69) is 20.0 Å². The molecule has 2 aromatic rings. The van der Waals surface area contributed by atoms with Crippen molar-refractivity contribution in [3.8, 4) is 0 Å². The highest BCUT2D eigenvalue weighted by molar-refractivity contribution is 7.93. The lowest BCUT2D eigenvalue weighted by Crippen LogP contribution is -2.16. The van der Waals surface area contributed by atoms with Gasteiger partial charge < -0.3 is 5.32 Å². The summed E-state index contributed by atoms with van der Waals surface area (Å²) in [6.45, 7) is 6.42. The van der Waals surface area contributed by atoms with Crippen LogP contribution in [0.4, 0.5) is 10.9 Å². The summed E-state index contributed by atoms with van der Waals surface area (Å²) in [6.07, 6.45) is 2.45. The number of aryl methyl sites for hydroxylation is 2. The minimum atomic E-state index is -3.70. The van der Waals surface area contributed by atoms with Crippen LogP contribution in [0.5, 0.6) is 0 Å². The minimum absolute atomic E-state index is 0.129. The Hall–Kier alpha value is -1.67. The maximum atomic E-state index is 12.5. The van der Waals surface area contributed by atoms with Crippen LogP contribution in [0.25, 0.3) is 0 Å². The largest absolute Gasteiger partial charge is 0.369 e. The summed E-state index contributed by atoms with van der Waals surface area (Å²) in [6, 6.07) is 3.13. The van der Waals surface area contributed by atoms with Gasteiger partial charge in [0, 0.05) is 17.6 Å². The van der Waals surface area contributed by atoms with Crippen LogP contribution >= 0.6 is 11.3 Å². The highest BCUT2D eigenvalue weighted by Crippen LogP contribution is 2.26. The number of nitrogens with zero attached hydrogens (tertiary/aromatic N) is 2. The van der Waals surface area contributed by atoms with Gasteiger partial charge in [-0.1, -0.05) is 6.92 Å². The van der Waals surface area contributed by atoms with Crippen LogP contribution in [-0.4, -0.2) is 24.9 Å². The van der Waals surface area contributed by atoms with Gasteiger partial charge in [-0.15, -0.1) is 11.3 Å². The third kappa shape index (κ3) is 3.70. The van der Waals surface area contributed by atoms with Crippen molar-refractivity contribution in [2.24, 2.45) is 0 Å². The number of rotatable bonds is 6. The molecule has 0 aliphatic rings. The molecular formula is C13H18N4O2S2. The maximum absolute atomic E-state index is 12.5. The SMILES string of the molecule is CCCNc1ncccc1S(=O)(=O)Nc1nc(C)c(C)s1. The first-order chi connectivity index (χ1) is 9.94. The van der Waals surface area contributed by atoms with Gasteiger partial charge in [-0.2, -0.15) is 0 Å². The summed E-state index contributed by atoms with van der Waals surface area (Å²) in [5, 5.41) is 3.39. The van der Waals surface area contributed by atoms with Gasteiger partial charge >= 0.3 is 0 Å². The Bertz CT molecular complexity index is 706. The molecule has 2 rings (SSSR count). The molecular weight excluding hydrogens is 308 g/mol. The molecule has 0 saturated carbocycles. The molecule has 0 aliphatic heterocycles. The number of hydrogen-bond donors (Lipinski definition) is 2. The minimum Gasteiger partial charge on any atom is -0.369 e. The van der Waals surface area contributed by atoms with Crippen LogP contribution in [0, 0.1) is 13.8 Å².